The number of benzene rings is 2. The lowest BCUT2D eigenvalue weighted by atomic mass is 9.82. The lowest BCUT2D eigenvalue weighted by Crippen LogP contribution is -2.59. The first-order valence-corrected chi connectivity index (χ1v) is 20.2. The standard InChI is InChI=1S/C44H58N4O6/c1-29-26-27-48(40(29)36(21-13-23-38(49)33-24-25-33)42(51)45-37-22-12-19-32-16-10-11-20-35(32)37)43(52)39(34-17-8-5-9-18-34)46-41(50)30(2)47(3)44(53)54-28-31-14-6-4-7-15-31/h4,6-7,10-11,13-16,20,23,29-30,33-34,36-37,39-40H,5,8-9,12,17-19,21-22,24-28H2,1-3H3,(H,45,51)(H,46,50)/b23-13-/t29-,30+,36+,37?,39+,40+/m1/s1. The average Bonchev–Trinajstić information content (AvgIpc) is 3.99. The zero-order valence-corrected chi connectivity index (χ0v) is 32.2. The van der Waals surface area contributed by atoms with Crippen LogP contribution in [0.25, 0.3) is 0 Å². The maximum absolute atomic E-state index is 14.9. The summed E-state index contributed by atoms with van der Waals surface area (Å²) in [6.07, 6.45) is 13.2. The Labute approximate surface area is 320 Å². The summed E-state index contributed by atoms with van der Waals surface area (Å²) in [5.41, 5.74) is 3.24. The summed E-state index contributed by atoms with van der Waals surface area (Å²) in [5.74, 6) is -1.12. The molecule has 54 heavy (non-hydrogen) atoms. The number of rotatable bonds is 14. The lowest BCUT2D eigenvalue weighted by molar-refractivity contribution is -0.142. The molecular weight excluding hydrogens is 681 g/mol. The Balaban J connectivity index is 1.20. The van der Waals surface area contributed by atoms with Crippen LogP contribution in [0.3, 0.4) is 0 Å². The molecule has 4 aliphatic rings. The summed E-state index contributed by atoms with van der Waals surface area (Å²) in [5, 5.41) is 6.47. The minimum Gasteiger partial charge on any atom is -0.445 e. The molecule has 10 nitrogen and oxygen atoms in total. The van der Waals surface area contributed by atoms with Crippen LogP contribution in [0.15, 0.2) is 66.7 Å². The summed E-state index contributed by atoms with van der Waals surface area (Å²) < 4.78 is 5.49. The minimum absolute atomic E-state index is 0.0306. The fourth-order valence-corrected chi connectivity index (χ4v) is 8.72. The number of carbonyl (C=O) groups excluding carboxylic acids is 5. The number of likely N-dealkylation sites (N-methyl/N-ethyl adjacent to an activating group) is 1. The Hall–Kier alpha value is -4.47. The molecule has 1 heterocycles. The van der Waals surface area contributed by atoms with Crippen LogP contribution >= 0.6 is 0 Å². The first-order chi connectivity index (χ1) is 26.1. The molecule has 1 aliphatic heterocycles. The predicted octanol–water partition coefficient (Wildman–Crippen LogP) is 6.68. The van der Waals surface area contributed by atoms with E-state index in [2.05, 4.69) is 29.7 Å². The summed E-state index contributed by atoms with van der Waals surface area (Å²) in [6, 6.07) is 15.4. The van der Waals surface area contributed by atoms with E-state index in [4.69, 9.17) is 4.74 Å². The van der Waals surface area contributed by atoms with Gasteiger partial charge in [0.15, 0.2) is 5.78 Å². The van der Waals surface area contributed by atoms with Crippen LogP contribution in [0.1, 0.15) is 107 Å². The van der Waals surface area contributed by atoms with Gasteiger partial charge in [-0.3, -0.25) is 24.1 Å². The third-order valence-corrected chi connectivity index (χ3v) is 12.3. The zero-order chi connectivity index (χ0) is 38.2. The summed E-state index contributed by atoms with van der Waals surface area (Å²) in [4.78, 5) is 72.0. The van der Waals surface area contributed by atoms with Crippen LogP contribution in [0, 0.1) is 23.7 Å². The van der Waals surface area contributed by atoms with Crippen molar-refractivity contribution in [3.05, 3.63) is 83.4 Å². The van der Waals surface area contributed by atoms with E-state index in [-0.39, 0.29) is 48.0 Å². The van der Waals surface area contributed by atoms with Gasteiger partial charge in [-0.25, -0.2) is 4.79 Å². The number of carbonyl (C=O) groups is 5. The number of fused-ring (bicyclic) bond motifs is 1. The van der Waals surface area contributed by atoms with Crippen molar-refractivity contribution < 1.29 is 28.7 Å². The summed E-state index contributed by atoms with van der Waals surface area (Å²) >= 11 is 0. The van der Waals surface area contributed by atoms with Gasteiger partial charge in [0.25, 0.3) is 0 Å². The highest BCUT2D eigenvalue weighted by Gasteiger charge is 2.46. The van der Waals surface area contributed by atoms with Crippen molar-refractivity contribution >= 4 is 29.6 Å². The Morgan fingerprint density at radius 3 is 2.35 bits per heavy atom. The maximum Gasteiger partial charge on any atom is 0.410 e. The van der Waals surface area contributed by atoms with Gasteiger partial charge in [0, 0.05) is 25.6 Å². The van der Waals surface area contributed by atoms with Crippen molar-refractivity contribution in [3.8, 4) is 0 Å². The molecule has 6 rings (SSSR count). The van der Waals surface area contributed by atoms with Crippen LogP contribution in [-0.4, -0.2) is 71.1 Å². The second-order valence-corrected chi connectivity index (χ2v) is 16.1. The van der Waals surface area contributed by atoms with Gasteiger partial charge in [-0.05, 0) is 99.3 Å². The molecule has 0 spiro atoms. The van der Waals surface area contributed by atoms with E-state index in [9.17, 15) is 24.0 Å². The topological polar surface area (TPSA) is 125 Å². The summed E-state index contributed by atoms with van der Waals surface area (Å²) in [7, 11) is 1.53. The van der Waals surface area contributed by atoms with Crippen molar-refractivity contribution in [2.75, 3.05) is 13.6 Å². The molecule has 6 atom stereocenters. The Morgan fingerprint density at radius 1 is 0.889 bits per heavy atom. The number of amides is 4. The van der Waals surface area contributed by atoms with E-state index in [1.165, 1.54) is 17.5 Å². The van der Waals surface area contributed by atoms with Gasteiger partial charge < -0.3 is 20.3 Å². The quantitative estimate of drug-likeness (QED) is 0.209. The van der Waals surface area contributed by atoms with Crippen molar-refractivity contribution in [1.29, 1.82) is 0 Å². The predicted molar refractivity (Wildman–Crippen MR) is 207 cm³/mol. The molecule has 4 amide bonds. The van der Waals surface area contributed by atoms with Gasteiger partial charge in [0.2, 0.25) is 17.7 Å². The monoisotopic (exact) mass is 738 g/mol. The van der Waals surface area contributed by atoms with Gasteiger partial charge in [0.05, 0.1) is 12.0 Å². The first kappa shape index (κ1) is 39.2. The fourth-order valence-electron chi connectivity index (χ4n) is 8.72. The molecule has 3 aliphatic carbocycles. The molecule has 10 heteroatoms. The van der Waals surface area contributed by atoms with E-state index < -0.39 is 36.0 Å². The van der Waals surface area contributed by atoms with Crippen LogP contribution < -0.4 is 10.6 Å². The molecule has 0 bridgehead atoms. The van der Waals surface area contributed by atoms with E-state index in [0.29, 0.717) is 13.0 Å². The highest BCUT2D eigenvalue weighted by molar-refractivity contribution is 5.94. The van der Waals surface area contributed by atoms with Crippen molar-refractivity contribution in [2.45, 2.75) is 122 Å². The van der Waals surface area contributed by atoms with Crippen molar-refractivity contribution in [1.82, 2.24) is 20.4 Å². The van der Waals surface area contributed by atoms with Gasteiger partial charge in [-0.2, -0.15) is 0 Å². The largest absolute Gasteiger partial charge is 0.445 e. The molecule has 290 valence electrons. The second-order valence-electron chi connectivity index (χ2n) is 16.1. The number of nitrogens with one attached hydrogen (secondary N) is 2. The highest BCUT2D eigenvalue weighted by Crippen LogP contribution is 2.37. The van der Waals surface area contributed by atoms with Gasteiger partial charge in [-0.15, -0.1) is 0 Å². The number of allylic oxidation sites excluding steroid dienone is 2. The van der Waals surface area contributed by atoms with Crippen LogP contribution in [0.5, 0.6) is 0 Å². The number of nitrogens with zero attached hydrogens (tertiary/aromatic N) is 2. The minimum atomic E-state index is -0.883. The molecule has 0 radical (unpaired) electrons. The van der Waals surface area contributed by atoms with Gasteiger partial charge in [0.1, 0.15) is 18.7 Å². The highest BCUT2D eigenvalue weighted by atomic mass is 16.6. The zero-order valence-electron chi connectivity index (χ0n) is 32.2. The molecule has 2 aromatic carbocycles. The Morgan fingerprint density at radius 2 is 1.61 bits per heavy atom. The van der Waals surface area contributed by atoms with Gasteiger partial charge in [-0.1, -0.05) is 86.9 Å². The average molecular weight is 739 g/mol. The van der Waals surface area contributed by atoms with Crippen LogP contribution in [0.4, 0.5) is 4.79 Å². The smallest absolute Gasteiger partial charge is 0.410 e. The Kier molecular flexibility index (Phi) is 13.3. The molecule has 2 aromatic rings. The number of hydrogen-bond acceptors (Lipinski definition) is 6. The SMILES string of the molecule is C[C@@H]1CCN(C(=O)[C@@H](NC(=O)[C@H](C)N(C)C(=O)OCc2ccccc2)C2CCCCC2)[C@@H]1[C@H](C/C=C\C(=O)C1CC1)C(=O)NC1CCCc2ccccc21. The Bertz CT molecular complexity index is 1670. The molecule has 1 unspecified atom stereocenters. The van der Waals surface area contributed by atoms with E-state index in [1.54, 1.807) is 13.0 Å². The molecule has 1 saturated heterocycles. The number of likely N-dealkylation sites (tertiary alicyclic amines) is 1. The summed E-state index contributed by atoms with van der Waals surface area (Å²) in [6.45, 7) is 4.30. The van der Waals surface area contributed by atoms with E-state index >= 15 is 0 Å². The molecular formula is C44H58N4O6. The molecule has 2 N–H and O–H groups in total. The molecule has 3 fully saturated rings. The first-order valence-electron chi connectivity index (χ1n) is 20.2. The number of ketones is 1. The van der Waals surface area contributed by atoms with Crippen molar-refractivity contribution in [3.63, 3.8) is 0 Å². The third kappa shape index (κ3) is 9.60. The normalized spacial score (nSPS) is 23.2. The van der Waals surface area contributed by atoms with Crippen LogP contribution in [0.2, 0.25) is 0 Å². The second kappa shape index (κ2) is 18.2. The van der Waals surface area contributed by atoms with Crippen LogP contribution in [-0.2, 0) is 36.9 Å². The maximum atomic E-state index is 14.9. The number of aryl methyl sites for hydroxylation is 1. The molecule has 0 aromatic heterocycles. The van der Waals surface area contributed by atoms with E-state index in [0.717, 1.165) is 81.8 Å². The third-order valence-electron chi connectivity index (χ3n) is 12.3. The van der Waals surface area contributed by atoms with E-state index in [1.807, 2.05) is 53.4 Å². The number of ether oxygens (including phenoxy) is 1. The molecule has 2 saturated carbocycles. The van der Waals surface area contributed by atoms with Gasteiger partial charge >= 0.3 is 6.09 Å². The number of hydrogen-bond donors (Lipinski definition) is 2. The van der Waals surface area contributed by atoms with Crippen molar-refractivity contribution in [2.24, 2.45) is 23.7 Å². The lowest BCUT2D eigenvalue weighted by Gasteiger charge is -2.39. The fraction of sp³-hybridized carbons (Fsp3) is 0.568.